The fourth-order valence-corrected chi connectivity index (χ4v) is 2.05. The van der Waals surface area contributed by atoms with Crippen LogP contribution in [0.3, 0.4) is 0 Å². The van der Waals surface area contributed by atoms with Crippen LogP contribution in [0.2, 0.25) is 0 Å². The molecule has 0 aliphatic rings. The first kappa shape index (κ1) is 16.2. The van der Waals surface area contributed by atoms with Crippen molar-refractivity contribution < 1.29 is 9.59 Å². The molecule has 0 spiro atoms. The number of hydrogen-bond donors (Lipinski definition) is 2. The zero-order chi connectivity index (χ0) is 15.1. The van der Waals surface area contributed by atoms with Crippen molar-refractivity contribution in [1.82, 2.24) is 4.90 Å². The number of hydrogen-bond acceptors (Lipinski definition) is 3. The van der Waals surface area contributed by atoms with Crippen LogP contribution >= 0.6 is 0 Å². The highest BCUT2D eigenvalue weighted by atomic mass is 16.2. The molecule has 0 aromatic heterocycles. The molecular formula is C15H23N3O2. The molecule has 1 atom stereocenters. The molecule has 110 valence electrons. The summed E-state index contributed by atoms with van der Waals surface area (Å²) in [6.45, 7) is 4.34. The summed E-state index contributed by atoms with van der Waals surface area (Å²) >= 11 is 0. The quantitative estimate of drug-likeness (QED) is 0.761. The summed E-state index contributed by atoms with van der Waals surface area (Å²) in [6.07, 6.45) is 0.451. The Morgan fingerprint density at radius 2 is 1.80 bits per heavy atom. The summed E-state index contributed by atoms with van der Waals surface area (Å²) in [7, 11) is 0. The minimum atomic E-state index is -0.657. The van der Waals surface area contributed by atoms with Gasteiger partial charge in [0.1, 0.15) is 0 Å². The second-order valence-corrected chi connectivity index (χ2v) is 5.38. The maximum atomic E-state index is 12.3. The van der Waals surface area contributed by atoms with Crippen LogP contribution in [-0.4, -0.2) is 35.8 Å². The molecule has 0 saturated heterocycles. The molecule has 0 saturated carbocycles. The molecule has 0 aliphatic carbocycles. The van der Waals surface area contributed by atoms with Gasteiger partial charge in [-0.3, -0.25) is 9.59 Å². The van der Waals surface area contributed by atoms with Crippen LogP contribution in [0.4, 0.5) is 0 Å². The highest BCUT2D eigenvalue weighted by Crippen LogP contribution is 2.06. The Hall–Kier alpha value is -1.88. The number of carbonyl (C=O) groups is 2. The van der Waals surface area contributed by atoms with Gasteiger partial charge >= 0.3 is 0 Å². The zero-order valence-corrected chi connectivity index (χ0v) is 12.1. The largest absolute Gasteiger partial charge is 0.368 e. The lowest BCUT2D eigenvalue weighted by atomic mass is 10.0. The van der Waals surface area contributed by atoms with Crippen molar-refractivity contribution in [2.45, 2.75) is 26.3 Å². The van der Waals surface area contributed by atoms with E-state index in [1.54, 1.807) is 0 Å². The molecule has 0 bridgehead atoms. The van der Waals surface area contributed by atoms with Gasteiger partial charge in [0.2, 0.25) is 11.8 Å². The van der Waals surface area contributed by atoms with Gasteiger partial charge in [-0.15, -0.1) is 0 Å². The summed E-state index contributed by atoms with van der Waals surface area (Å²) in [5, 5.41) is 0. The maximum absolute atomic E-state index is 12.3. The SMILES string of the molecule is CC(C)CN(CC(N)=O)C(=O)[C@H](N)Cc1ccccc1. The van der Waals surface area contributed by atoms with Gasteiger partial charge in [0.15, 0.2) is 0 Å². The van der Waals surface area contributed by atoms with Crippen LogP contribution < -0.4 is 11.5 Å². The number of nitrogens with zero attached hydrogens (tertiary/aromatic N) is 1. The molecule has 1 aromatic rings. The molecule has 2 amide bonds. The monoisotopic (exact) mass is 277 g/mol. The van der Waals surface area contributed by atoms with E-state index in [1.165, 1.54) is 4.90 Å². The second kappa shape index (κ2) is 7.65. The van der Waals surface area contributed by atoms with E-state index in [-0.39, 0.29) is 18.4 Å². The highest BCUT2D eigenvalue weighted by molar-refractivity contribution is 5.87. The van der Waals surface area contributed by atoms with Crippen LogP contribution in [0.1, 0.15) is 19.4 Å². The Bertz CT molecular complexity index is 446. The summed E-state index contributed by atoms with van der Waals surface area (Å²) in [6, 6.07) is 8.91. The van der Waals surface area contributed by atoms with Crippen LogP contribution in [-0.2, 0) is 16.0 Å². The number of nitrogens with two attached hydrogens (primary N) is 2. The normalized spacial score (nSPS) is 12.2. The lowest BCUT2D eigenvalue weighted by Crippen LogP contribution is -2.49. The van der Waals surface area contributed by atoms with Crippen LogP contribution in [0.5, 0.6) is 0 Å². The van der Waals surface area contributed by atoms with Gasteiger partial charge in [0.25, 0.3) is 0 Å². The first-order chi connectivity index (χ1) is 9.40. The average Bonchev–Trinajstić information content (AvgIpc) is 2.37. The van der Waals surface area contributed by atoms with Gasteiger partial charge in [0, 0.05) is 6.54 Å². The van der Waals surface area contributed by atoms with Gasteiger partial charge in [-0.25, -0.2) is 0 Å². The third kappa shape index (κ3) is 5.40. The average molecular weight is 277 g/mol. The smallest absolute Gasteiger partial charge is 0.240 e. The van der Waals surface area contributed by atoms with E-state index in [0.717, 1.165) is 5.56 Å². The van der Waals surface area contributed by atoms with E-state index in [4.69, 9.17) is 11.5 Å². The fourth-order valence-electron chi connectivity index (χ4n) is 2.05. The number of amides is 2. The lowest BCUT2D eigenvalue weighted by Gasteiger charge is -2.26. The molecule has 0 heterocycles. The Kier molecular flexibility index (Phi) is 6.18. The van der Waals surface area contributed by atoms with Gasteiger partial charge in [0.05, 0.1) is 12.6 Å². The first-order valence-corrected chi connectivity index (χ1v) is 6.76. The molecule has 0 radical (unpaired) electrons. The van der Waals surface area contributed by atoms with Crippen molar-refractivity contribution in [2.24, 2.45) is 17.4 Å². The predicted octanol–water partition coefficient (Wildman–Crippen LogP) is 0.526. The zero-order valence-electron chi connectivity index (χ0n) is 12.1. The van der Waals surface area contributed by atoms with E-state index >= 15 is 0 Å². The van der Waals surface area contributed by atoms with E-state index in [1.807, 2.05) is 44.2 Å². The molecule has 0 aliphatic heterocycles. The minimum absolute atomic E-state index is 0.0838. The number of carbonyl (C=O) groups excluding carboxylic acids is 2. The Balaban J connectivity index is 2.69. The van der Waals surface area contributed by atoms with Crippen molar-refractivity contribution in [2.75, 3.05) is 13.1 Å². The van der Waals surface area contributed by atoms with Crippen molar-refractivity contribution in [3.05, 3.63) is 35.9 Å². The van der Waals surface area contributed by atoms with Gasteiger partial charge in [-0.1, -0.05) is 44.2 Å². The van der Waals surface area contributed by atoms with E-state index in [0.29, 0.717) is 13.0 Å². The van der Waals surface area contributed by atoms with Crippen LogP contribution in [0, 0.1) is 5.92 Å². The third-order valence-electron chi connectivity index (χ3n) is 2.86. The summed E-state index contributed by atoms with van der Waals surface area (Å²) in [4.78, 5) is 24.8. The molecule has 1 rings (SSSR count). The molecule has 5 heteroatoms. The lowest BCUT2D eigenvalue weighted by molar-refractivity contribution is -0.136. The molecule has 20 heavy (non-hydrogen) atoms. The fraction of sp³-hybridized carbons (Fsp3) is 0.467. The van der Waals surface area contributed by atoms with E-state index in [9.17, 15) is 9.59 Å². The van der Waals surface area contributed by atoms with Crippen molar-refractivity contribution in [1.29, 1.82) is 0 Å². The van der Waals surface area contributed by atoms with Crippen molar-refractivity contribution in [3.8, 4) is 0 Å². The van der Waals surface area contributed by atoms with Crippen molar-refractivity contribution in [3.63, 3.8) is 0 Å². The molecular weight excluding hydrogens is 254 g/mol. The molecule has 0 fully saturated rings. The standard InChI is InChI=1S/C15H23N3O2/c1-11(2)9-18(10-14(17)19)15(20)13(16)8-12-6-4-3-5-7-12/h3-7,11,13H,8-10,16H2,1-2H3,(H2,17,19)/t13-/m1/s1. The van der Waals surface area contributed by atoms with Gasteiger partial charge in [-0.05, 0) is 17.9 Å². The van der Waals surface area contributed by atoms with Gasteiger partial charge in [-0.2, -0.15) is 0 Å². The Labute approximate surface area is 119 Å². The first-order valence-electron chi connectivity index (χ1n) is 6.76. The number of rotatable bonds is 7. The Morgan fingerprint density at radius 1 is 1.20 bits per heavy atom. The molecule has 5 nitrogen and oxygen atoms in total. The number of primary amides is 1. The topological polar surface area (TPSA) is 89.4 Å². The molecule has 4 N–H and O–H groups in total. The van der Waals surface area contributed by atoms with Crippen molar-refractivity contribution >= 4 is 11.8 Å². The number of benzene rings is 1. The predicted molar refractivity (Wildman–Crippen MR) is 78.7 cm³/mol. The molecule has 1 aromatic carbocycles. The van der Waals surface area contributed by atoms with E-state index < -0.39 is 11.9 Å². The van der Waals surface area contributed by atoms with Crippen LogP contribution in [0.15, 0.2) is 30.3 Å². The third-order valence-corrected chi connectivity index (χ3v) is 2.86. The summed E-state index contributed by atoms with van der Waals surface area (Å²) < 4.78 is 0. The van der Waals surface area contributed by atoms with Crippen LogP contribution in [0.25, 0.3) is 0 Å². The minimum Gasteiger partial charge on any atom is -0.368 e. The van der Waals surface area contributed by atoms with Gasteiger partial charge < -0.3 is 16.4 Å². The maximum Gasteiger partial charge on any atom is 0.240 e. The van der Waals surface area contributed by atoms with E-state index in [2.05, 4.69) is 0 Å². The summed E-state index contributed by atoms with van der Waals surface area (Å²) in [5.74, 6) is -0.505. The highest BCUT2D eigenvalue weighted by Gasteiger charge is 2.23. The second-order valence-electron chi connectivity index (χ2n) is 5.38. The Morgan fingerprint density at radius 3 is 2.30 bits per heavy atom. The molecule has 0 unspecified atom stereocenters. The summed E-state index contributed by atoms with van der Waals surface area (Å²) in [5.41, 5.74) is 12.1.